The molecule has 0 radical (unpaired) electrons. The van der Waals surface area contributed by atoms with Crippen LogP contribution in [0.2, 0.25) is 0 Å². The molecule has 0 unspecified atom stereocenters. The quantitative estimate of drug-likeness (QED) is 0.525. The number of rotatable bonds is 7. The standard InChI is InChI=1S/C11H18N3S/c1-2-15-11-14-9-8-13(10-14)7-5-3-4-6-12/h8-10H,2-5,7,11H2,1H3/q+1. The van der Waals surface area contributed by atoms with Crippen molar-refractivity contribution in [1.29, 1.82) is 5.26 Å². The van der Waals surface area contributed by atoms with Crippen LogP contribution in [0, 0.1) is 11.3 Å². The van der Waals surface area contributed by atoms with E-state index in [1.807, 2.05) is 11.8 Å². The molecule has 0 aliphatic carbocycles. The SMILES string of the molecule is CCSC[n+]1ccn(CCCCC#N)c1. The summed E-state index contributed by atoms with van der Waals surface area (Å²) < 4.78 is 4.38. The number of aromatic nitrogens is 2. The zero-order valence-corrected chi connectivity index (χ0v) is 10.0. The van der Waals surface area contributed by atoms with Crippen LogP contribution in [-0.2, 0) is 12.4 Å². The maximum absolute atomic E-state index is 8.40. The Bertz CT molecular complexity index is 314. The van der Waals surface area contributed by atoms with E-state index in [4.69, 9.17) is 5.26 Å². The van der Waals surface area contributed by atoms with Gasteiger partial charge in [-0.15, -0.1) is 11.8 Å². The molecule has 0 amide bonds. The summed E-state index contributed by atoms with van der Waals surface area (Å²) in [4.78, 5) is 0. The lowest BCUT2D eigenvalue weighted by molar-refractivity contribution is -0.675. The first-order chi connectivity index (χ1) is 7.36. The van der Waals surface area contributed by atoms with Crippen LogP contribution in [0.3, 0.4) is 0 Å². The van der Waals surface area contributed by atoms with Crippen molar-refractivity contribution in [2.24, 2.45) is 0 Å². The Morgan fingerprint density at radius 3 is 3.07 bits per heavy atom. The highest BCUT2D eigenvalue weighted by Crippen LogP contribution is 2.00. The molecule has 4 heteroatoms. The predicted molar refractivity (Wildman–Crippen MR) is 62.2 cm³/mol. The van der Waals surface area contributed by atoms with E-state index in [1.54, 1.807) is 0 Å². The summed E-state index contributed by atoms with van der Waals surface area (Å²) in [6.07, 6.45) is 9.10. The topological polar surface area (TPSA) is 32.6 Å². The molecular weight excluding hydrogens is 206 g/mol. The molecule has 3 nitrogen and oxygen atoms in total. The largest absolute Gasteiger partial charge is 0.244 e. The van der Waals surface area contributed by atoms with Gasteiger partial charge in [0.2, 0.25) is 6.33 Å². The molecule has 1 rings (SSSR count). The summed E-state index contributed by atoms with van der Waals surface area (Å²) in [7, 11) is 0. The molecule has 0 spiro atoms. The fourth-order valence-corrected chi connectivity index (χ4v) is 1.89. The molecule has 0 saturated heterocycles. The summed E-state index contributed by atoms with van der Waals surface area (Å²) in [5, 5.41) is 8.40. The average Bonchev–Trinajstić information content (AvgIpc) is 2.69. The van der Waals surface area contributed by atoms with Gasteiger partial charge in [0.05, 0.1) is 12.6 Å². The molecule has 1 aromatic rings. The number of hydrogen-bond donors (Lipinski definition) is 0. The number of hydrogen-bond acceptors (Lipinski definition) is 2. The maximum Gasteiger partial charge on any atom is 0.244 e. The first-order valence-electron chi connectivity index (χ1n) is 5.36. The zero-order valence-electron chi connectivity index (χ0n) is 9.22. The third-order valence-corrected chi connectivity index (χ3v) is 3.03. The molecule has 82 valence electrons. The van der Waals surface area contributed by atoms with Gasteiger partial charge in [0.1, 0.15) is 18.3 Å². The van der Waals surface area contributed by atoms with Crippen molar-refractivity contribution in [3.8, 4) is 6.07 Å². The van der Waals surface area contributed by atoms with Gasteiger partial charge in [0.15, 0.2) is 0 Å². The average molecular weight is 224 g/mol. The molecule has 1 heterocycles. The molecule has 1 aromatic heterocycles. The van der Waals surface area contributed by atoms with Crippen LogP contribution in [0.5, 0.6) is 0 Å². The summed E-state index contributed by atoms with van der Waals surface area (Å²) in [6, 6.07) is 2.17. The van der Waals surface area contributed by atoms with E-state index >= 15 is 0 Å². The van der Waals surface area contributed by atoms with Crippen LogP contribution < -0.4 is 4.57 Å². The van der Waals surface area contributed by atoms with Crippen LogP contribution in [0.25, 0.3) is 0 Å². The molecule has 0 atom stereocenters. The second kappa shape index (κ2) is 7.36. The first kappa shape index (κ1) is 12.1. The van der Waals surface area contributed by atoms with Gasteiger partial charge in [-0.3, -0.25) is 0 Å². The summed E-state index contributed by atoms with van der Waals surface area (Å²) in [5.74, 6) is 2.18. The van der Waals surface area contributed by atoms with Gasteiger partial charge in [-0.25, -0.2) is 9.13 Å². The van der Waals surface area contributed by atoms with E-state index in [2.05, 4.69) is 40.8 Å². The Kier molecular flexibility index (Phi) is 5.94. The van der Waals surface area contributed by atoms with Crippen molar-refractivity contribution >= 4 is 11.8 Å². The van der Waals surface area contributed by atoms with Gasteiger partial charge < -0.3 is 0 Å². The lowest BCUT2D eigenvalue weighted by Crippen LogP contribution is -2.29. The smallest absolute Gasteiger partial charge is 0.237 e. The number of thioether (sulfide) groups is 1. The fraction of sp³-hybridized carbons (Fsp3) is 0.636. The van der Waals surface area contributed by atoms with Crippen molar-refractivity contribution in [2.75, 3.05) is 5.75 Å². The van der Waals surface area contributed by atoms with E-state index in [0.29, 0.717) is 6.42 Å². The minimum Gasteiger partial charge on any atom is -0.237 e. The van der Waals surface area contributed by atoms with Crippen LogP contribution in [0.15, 0.2) is 18.7 Å². The molecule has 0 N–H and O–H groups in total. The highest BCUT2D eigenvalue weighted by atomic mass is 32.2. The minimum absolute atomic E-state index is 0.674. The van der Waals surface area contributed by atoms with Crippen molar-refractivity contribution in [2.45, 2.75) is 38.6 Å². The molecule has 15 heavy (non-hydrogen) atoms. The molecule has 0 saturated carbocycles. The second-order valence-electron chi connectivity index (χ2n) is 3.40. The molecule has 0 bridgehead atoms. The summed E-state index contributed by atoms with van der Waals surface area (Å²) >= 11 is 1.91. The maximum atomic E-state index is 8.40. The van der Waals surface area contributed by atoms with Gasteiger partial charge in [-0.05, 0) is 18.6 Å². The van der Waals surface area contributed by atoms with Crippen molar-refractivity contribution < 1.29 is 4.57 Å². The van der Waals surface area contributed by atoms with Gasteiger partial charge in [-0.1, -0.05) is 6.92 Å². The van der Waals surface area contributed by atoms with E-state index in [9.17, 15) is 0 Å². The predicted octanol–water partition coefficient (Wildman–Crippen LogP) is 2.18. The van der Waals surface area contributed by atoms with E-state index in [0.717, 1.165) is 31.0 Å². The van der Waals surface area contributed by atoms with E-state index in [-0.39, 0.29) is 0 Å². The third-order valence-electron chi connectivity index (χ3n) is 2.15. The van der Waals surface area contributed by atoms with E-state index < -0.39 is 0 Å². The number of unbranched alkanes of at least 4 members (excludes halogenated alkanes) is 2. The van der Waals surface area contributed by atoms with Crippen molar-refractivity contribution in [3.63, 3.8) is 0 Å². The second-order valence-corrected chi connectivity index (χ2v) is 4.65. The molecule has 0 aliphatic heterocycles. The summed E-state index contributed by atoms with van der Waals surface area (Å²) in [6.45, 7) is 3.19. The van der Waals surface area contributed by atoms with E-state index in [1.165, 1.54) is 0 Å². The molecule has 0 aliphatic rings. The van der Waals surface area contributed by atoms with Crippen molar-refractivity contribution in [3.05, 3.63) is 18.7 Å². The molecular formula is C11H18N3S+. The van der Waals surface area contributed by atoms with Crippen LogP contribution >= 0.6 is 11.8 Å². The normalized spacial score (nSPS) is 10.1. The fourth-order valence-electron chi connectivity index (χ4n) is 1.34. The monoisotopic (exact) mass is 224 g/mol. The number of nitriles is 1. The first-order valence-corrected chi connectivity index (χ1v) is 6.51. The van der Waals surface area contributed by atoms with Gasteiger partial charge in [0.25, 0.3) is 0 Å². The Hall–Kier alpha value is -0.950. The Labute approximate surface area is 95.7 Å². The molecule has 0 fully saturated rings. The summed E-state index contributed by atoms with van der Waals surface area (Å²) in [5.41, 5.74) is 0. The zero-order chi connectivity index (χ0) is 10.9. The number of aryl methyl sites for hydroxylation is 1. The Morgan fingerprint density at radius 1 is 1.47 bits per heavy atom. The lowest BCUT2D eigenvalue weighted by Gasteiger charge is -1.94. The van der Waals surface area contributed by atoms with Crippen LogP contribution in [0.1, 0.15) is 26.2 Å². The number of imidazole rings is 1. The third kappa shape index (κ3) is 4.89. The minimum atomic E-state index is 0.674. The van der Waals surface area contributed by atoms with Gasteiger partial charge in [0, 0.05) is 6.42 Å². The van der Waals surface area contributed by atoms with Gasteiger partial charge >= 0.3 is 0 Å². The number of nitrogens with zero attached hydrogens (tertiary/aromatic N) is 3. The highest BCUT2D eigenvalue weighted by molar-refractivity contribution is 7.98. The highest BCUT2D eigenvalue weighted by Gasteiger charge is 2.02. The van der Waals surface area contributed by atoms with Crippen molar-refractivity contribution in [1.82, 2.24) is 4.57 Å². The van der Waals surface area contributed by atoms with Crippen LogP contribution in [0.4, 0.5) is 0 Å². The lowest BCUT2D eigenvalue weighted by atomic mass is 10.2. The Morgan fingerprint density at radius 2 is 2.33 bits per heavy atom. The van der Waals surface area contributed by atoms with Crippen LogP contribution in [-0.4, -0.2) is 10.3 Å². The Balaban J connectivity index is 2.24. The molecule has 0 aromatic carbocycles. The van der Waals surface area contributed by atoms with Gasteiger partial charge in [-0.2, -0.15) is 5.26 Å².